The fourth-order valence-electron chi connectivity index (χ4n) is 4.31. The van der Waals surface area contributed by atoms with Crippen molar-refractivity contribution >= 4 is 27.8 Å². The van der Waals surface area contributed by atoms with Crippen LogP contribution in [0.25, 0.3) is 16.3 Å². The molecular weight excluding hydrogens is 322 g/mol. The number of fused-ring (bicyclic) bond motifs is 4. The van der Waals surface area contributed by atoms with Gasteiger partial charge in [-0.15, -0.1) is 0 Å². The van der Waals surface area contributed by atoms with Gasteiger partial charge in [0.05, 0.1) is 6.04 Å². The molecule has 0 fully saturated rings. The average Bonchev–Trinajstić information content (AvgIpc) is 2.68. The zero-order valence-electron chi connectivity index (χ0n) is 14.3. The number of hydrogen-bond donors (Lipinski definition) is 2. The monoisotopic (exact) mass is 341 g/mol. The van der Waals surface area contributed by atoms with Gasteiger partial charge < -0.3 is 10.4 Å². The van der Waals surface area contributed by atoms with Gasteiger partial charge in [-0.1, -0.05) is 42.5 Å². The number of Topliss-reactive ketones (excluding diaryl/α,β-unsaturated/α-hetero) is 1. The summed E-state index contributed by atoms with van der Waals surface area (Å²) in [7, 11) is 0. The minimum atomic E-state index is -0.0245. The minimum absolute atomic E-state index is 0.0245. The van der Waals surface area contributed by atoms with E-state index in [1.807, 2.05) is 24.3 Å². The Morgan fingerprint density at radius 1 is 0.923 bits per heavy atom. The van der Waals surface area contributed by atoms with Crippen LogP contribution in [0.5, 0.6) is 5.75 Å². The summed E-state index contributed by atoms with van der Waals surface area (Å²) >= 11 is 0. The van der Waals surface area contributed by atoms with Crippen molar-refractivity contribution in [1.82, 2.24) is 0 Å². The molecule has 0 saturated heterocycles. The number of aromatic hydroxyl groups is 1. The third-order valence-electron chi connectivity index (χ3n) is 5.50. The Hall–Kier alpha value is -3.07. The number of rotatable bonds is 1. The topological polar surface area (TPSA) is 49.3 Å². The number of carbonyl (C=O) groups is 1. The lowest BCUT2D eigenvalue weighted by molar-refractivity contribution is -0.114. The van der Waals surface area contributed by atoms with E-state index < -0.39 is 0 Å². The number of benzene rings is 3. The standard InChI is InChI=1S/C23H19NO2/c25-16-11-8-15(9-12-16)23-18-6-3-7-20(26)22(18)21-17-5-2-1-4-14(17)10-13-19(21)24-23/h1-2,4-5,8-13,23-25H,3,6-7H2/t23-/m1/s1. The third-order valence-corrected chi connectivity index (χ3v) is 5.50. The molecule has 3 nitrogen and oxygen atoms in total. The highest BCUT2D eigenvalue weighted by molar-refractivity contribution is 6.27. The van der Waals surface area contributed by atoms with E-state index in [0.29, 0.717) is 6.42 Å². The van der Waals surface area contributed by atoms with E-state index in [1.54, 1.807) is 12.1 Å². The number of nitrogens with one attached hydrogen (secondary N) is 1. The van der Waals surface area contributed by atoms with E-state index in [2.05, 4.69) is 29.6 Å². The van der Waals surface area contributed by atoms with Gasteiger partial charge in [0.25, 0.3) is 0 Å². The van der Waals surface area contributed by atoms with E-state index in [4.69, 9.17) is 0 Å². The second-order valence-corrected chi connectivity index (χ2v) is 7.06. The van der Waals surface area contributed by atoms with E-state index in [0.717, 1.165) is 46.0 Å². The third kappa shape index (κ3) is 2.24. The highest BCUT2D eigenvalue weighted by atomic mass is 16.3. The number of anilines is 1. The van der Waals surface area contributed by atoms with E-state index in [1.165, 1.54) is 5.57 Å². The van der Waals surface area contributed by atoms with Crippen LogP contribution in [-0.2, 0) is 4.79 Å². The van der Waals surface area contributed by atoms with Crippen LogP contribution in [0.15, 0.2) is 66.2 Å². The first kappa shape index (κ1) is 15.2. The summed E-state index contributed by atoms with van der Waals surface area (Å²) in [5, 5.41) is 15.6. The summed E-state index contributed by atoms with van der Waals surface area (Å²) in [6, 6.07) is 19.7. The quantitative estimate of drug-likeness (QED) is 0.638. The minimum Gasteiger partial charge on any atom is -0.508 e. The maximum absolute atomic E-state index is 12.9. The first-order chi connectivity index (χ1) is 12.7. The molecule has 0 unspecified atom stereocenters. The molecule has 0 radical (unpaired) electrons. The molecule has 1 aliphatic heterocycles. The lowest BCUT2D eigenvalue weighted by Crippen LogP contribution is -2.25. The Morgan fingerprint density at radius 2 is 1.73 bits per heavy atom. The molecule has 3 heteroatoms. The molecule has 0 amide bonds. The fourth-order valence-corrected chi connectivity index (χ4v) is 4.31. The highest BCUT2D eigenvalue weighted by Crippen LogP contribution is 2.47. The maximum atomic E-state index is 12.9. The van der Waals surface area contributed by atoms with E-state index in [9.17, 15) is 9.90 Å². The van der Waals surface area contributed by atoms with Crippen molar-refractivity contribution in [2.45, 2.75) is 25.3 Å². The van der Waals surface area contributed by atoms with Crippen LogP contribution < -0.4 is 5.32 Å². The molecule has 0 aromatic heterocycles. The number of allylic oxidation sites excluding steroid dienone is 1. The summed E-state index contributed by atoms with van der Waals surface area (Å²) in [4.78, 5) is 12.9. The summed E-state index contributed by atoms with van der Waals surface area (Å²) in [6.45, 7) is 0. The van der Waals surface area contributed by atoms with E-state index in [-0.39, 0.29) is 17.6 Å². The Labute approximate surface area is 152 Å². The van der Waals surface area contributed by atoms with Crippen LogP contribution in [0.3, 0.4) is 0 Å². The molecule has 0 saturated carbocycles. The van der Waals surface area contributed by atoms with Crippen molar-refractivity contribution in [3.63, 3.8) is 0 Å². The van der Waals surface area contributed by atoms with Gasteiger partial charge in [0.15, 0.2) is 5.78 Å². The normalized spacial score (nSPS) is 19.1. The fraction of sp³-hybridized carbons (Fsp3) is 0.174. The summed E-state index contributed by atoms with van der Waals surface area (Å²) in [5.74, 6) is 0.499. The van der Waals surface area contributed by atoms with Crippen LogP contribution in [0.1, 0.15) is 36.4 Å². The van der Waals surface area contributed by atoms with Crippen molar-refractivity contribution in [2.75, 3.05) is 5.32 Å². The van der Waals surface area contributed by atoms with Gasteiger partial charge in [-0.2, -0.15) is 0 Å². The lowest BCUT2D eigenvalue weighted by atomic mass is 9.77. The van der Waals surface area contributed by atoms with Gasteiger partial charge in [0.1, 0.15) is 5.75 Å². The number of phenolic OH excluding ortho intramolecular Hbond substituents is 1. The summed E-state index contributed by atoms with van der Waals surface area (Å²) in [6.07, 6.45) is 2.43. The van der Waals surface area contributed by atoms with Crippen molar-refractivity contribution in [3.8, 4) is 5.75 Å². The summed E-state index contributed by atoms with van der Waals surface area (Å²) in [5.41, 5.74) is 5.22. The predicted octanol–water partition coefficient (Wildman–Crippen LogP) is 5.22. The van der Waals surface area contributed by atoms with Crippen LogP contribution in [0.4, 0.5) is 5.69 Å². The van der Waals surface area contributed by atoms with Crippen LogP contribution in [0.2, 0.25) is 0 Å². The van der Waals surface area contributed by atoms with Crippen molar-refractivity contribution < 1.29 is 9.90 Å². The molecule has 1 atom stereocenters. The Bertz CT molecular complexity index is 1060. The van der Waals surface area contributed by atoms with Gasteiger partial charge >= 0.3 is 0 Å². The molecule has 3 aromatic rings. The zero-order valence-corrected chi connectivity index (χ0v) is 14.3. The Balaban J connectivity index is 1.78. The molecule has 0 spiro atoms. The molecule has 0 bridgehead atoms. The number of phenols is 1. The van der Waals surface area contributed by atoms with Gasteiger partial charge in [-0.25, -0.2) is 0 Å². The number of hydrogen-bond acceptors (Lipinski definition) is 3. The van der Waals surface area contributed by atoms with Gasteiger partial charge in [-0.05, 0) is 52.9 Å². The van der Waals surface area contributed by atoms with E-state index >= 15 is 0 Å². The number of carbonyl (C=O) groups excluding carboxylic acids is 1. The molecule has 5 rings (SSSR count). The molecule has 128 valence electrons. The van der Waals surface area contributed by atoms with Crippen LogP contribution >= 0.6 is 0 Å². The molecule has 26 heavy (non-hydrogen) atoms. The molecular formula is C23H19NO2. The van der Waals surface area contributed by atoms with Crippen molar-refractivity contribution in [1.29, 1.82) is 0 Å². The van der Waals surface area contributed by atoms with Crippen LogP contribution in [-0.4, -0.2) is 10.9 Å². The maximum Gasteiger partial charge on any atom is 0.163 e. The first-order valence-corrected chi connectivity index (χ1v) is 9.06. The smallest absolute Gasteiger partial charge is 0.163 e. The Morgan fingerprint density at radius 3 is 2.58 bits per heavy atom. The zero-order chi connectivity index (χ0) is 17.7. The second kappa shape index (κ2) is 5.73. The molecule has 2 aliphatic rings. The molecule has 1 aliphatic carbocycles. The van der Waals surface area contributed by atoms with Crippen LogP contribution in [0, 0.1) is 0 Å². The van der Waals surface area contributed by atoms with Gasteiger partial charge in [0.2, 0.25) is 0 Å². The summed E-state index contributed by atoms with van der Waals surface area (Å²) < 4.78 is 0. The Kier molecular flexibility index (Phi) is 3.35. The molecule has 3 aromatic carbocycles. The van der Waals surface area contributed by atoms with Gasteiger partial charge in [0, 0.05) is 23.2 Å². The van der Waals surface area contributed by atoms with Crippen molar-refractivity contribution in [2.24, 2.45) is 0 Å². The van der Waals surface area contributed by atoms with Gasteiger partial charge in [-0.3, -0.25) is 4.79 Å². The molecule has 2 N–H and O–H groups in total. The molecule has 1 heterocycles. The predicted molar refractivity (Wildman–Crippen MR) is 104 cm³/mol. The lowest BCUT2D eigenvalue weighted by Gasteiger charge is -2.35. The van der Waals surface area contributed by atoms with Crippen molar-refractivity contribution in [3.05, 3.63) is 77.4 Å². The SMILES string of the molecule is O=C1CCCC2=C1c1c(ccc3ccccc13)N[C@@H]2c1ccc(O)cc1. The highest BCUT2D eigenvalue weighted by Gasteiger charge is 2.34. The number of ketones is 1. The first-order valence-electron chi connectivity index (χ1n) is 9.06. The average molecular weight is 341 g/mol. The second-order valence-electron chi connectivity index (χ2n) is 7.06. The largest absolute Gasteiger partial charge is 0.508 e.